The highest BCUT2D eigenvalue weighted by Crippen LogP contribution is 2.36. The summed E-state index contributed by atoms with van der Waals surface area (Å²) in [5.74, 6) is 2.21. The van der Waals surface area contributed by atoms with E-state index in [0.717, 1.165) is 25.3 Å². The number of ether oxygens (including phenoxy) is 2. The van der Waals surface area contributed by atoms with Gasteiger partial charge in [-0.2, -0.15) is 11.8 Å². The first-order chi connectivity index (χ1) is 12.6. The molecule has 1 aliphatic heterocycles. The molecule has 0 saturated carbocycles. The van der Waals surface area contributed by atoms with Crippen LogP contribution < -0.4 is 9.47 Å². The minimum atomic E-state index is 0.0528. The van der Waals surface area contributed by atoms with Crippen LogP contribution in [0.15, 0.2) is 42.5 Å². The Balaban J connectivity index is 1.73. The van der Waals surface area contributed by atoms with E-state index >= 15 is 0 Å². The van der Waals surface area contributed by atoms with Crippen molar-refractivity contribution >= 4 is 17.7 Å². The molecule has 0 radical (unpaired) electrons. The SMILES string of the molecule is COc1ccc(C(=O)N2CCSC(c3ccccc3C)CC2)cc1OC. The van der Waals surface area contributed by atoms with E-state index in [1.807, 2.05) is 16.7 Å². The maximum Gasteiger partial charge on any atom is 0.254 e. The minimum absolute atomic E-state index is 0.0528. The summed E-state index contributed by atoms with van der Waals surface area (Å²) in [6.07, 6.45) is 0.967. The molecule has 0 N–H and O–H groups in total. The number of methoxy groups -OCH3 is 2. The van der Waals surface area contributed by atoms with Gasteiger partial charge in [-0.25, -0.2) is 0 Å². The third kappa shape index (κ3) is 3.98. The molecule has 1 aliphatic rings. The first-order valence-electron chi connectivity index (χ1n) is 8.82. The number of carbonyl (C=O) groups excluding carboxylic acids is 1. The lowest BCUT2D eigenvalue weighted by Crippen LogP contribution is -2.33. The predicted molar refractivity (Wildman–Crippen MR) is 106 cm³/mol. The fraction of sp³-hybridized carbons (Fsp3) is 0.381. The van der Waals surface area contributed by atoms with Gasteiger partial charge in [0.1, 0.15) is 0 Å². The lowest BCUT2D eigenvalue weighted by atomic mass is 10.0. The Morgan fingerprint density at radius 2 is 1.85 bits per heavy atom. The van der Waals surface area contributed by atoms with Crippen molar-refractivity contribution in [3.63, 3.8) is 0 Å². The average Bonchev–Trinajstić information content (AvgIpc) is 2.93. The summed E-state index contributed by atoms with van der Waals surface area (Å²) in [6.45, 7) is 3.69. The third-order valence-corrected chi connectivity index (χ3v) is 6.10. The second-order valence-electron chi connectivity index (χ2n) is 6.37. The van der Waals surface area contributed by atoms with Crippen molar-refractivity contribution in [2.75, 3.05) is 33.1 Å². The number of benzene rings is 2. The molecule has 2 aromatic carbocycles. The molecule has 1 atom stereocenters. The van der Waals surface area contributed by atoms with E-state index in [1.165, 1.54) is 11.1 Å². The molecule has 1 unspecified atom stereocenters. The fourth-order valence-electron chi connectivity index (χ4n) is 3.32. The molecule has 1 amide bonds. The molecule has 0 aliphatic carbocycles. The normalized spacial score (nSPS) is 17.5. The van der Waals surface area contributed by atoms with E-state index in [1.54, 1.807) is 32.4 Å². The highest BCUT2D eigenvalue weighted by Gasteiger charge is 2.24. The molecule has 0 aromatic heterocycles. The number of hydrogen-bond acceptors (Lipinski definition) is 4. The van der Waals surface area contributed by atoms with Crippen LogP contribution in [-0.2, 0) is 0 Å². The zero-order valence-corrected chi connectivity index (χ0v) is 16.3. The van der Waals surface area contributed by atoms with Gasteiger partial charge >= 0.3 is 0 Å². The van der Waals surface area contributed by atoms with Crippen molar-refractivity contribution in [1.29, 1.82) is 0 Å². The van der Waals surface area contributed by atoms with E-state index in [4.69, 9.17) is 9.47 Å². The number of nitrogens with zero attached hydrogens (tertiary/aromatic N) is 1. The monoisotopic (exact) mass is 371 g/mol. The molecule has 1 heterocycles. The van der Waals surface area contributed by atoms with Crippen molar-refractivity contribution in [3.05, 3.63) is 59.2 Å². The van der Waals surface area contributed by atoms with Crippen LogP contribution >= 0.6 is 11.8 Å². The number of amides is 1. The van der Waals surface area contributed by atoms with Gasteiger partial charge in [-0.3, -0.25) is 4.79 Å². The maximum atomic E-state index is 13.0. The number of aryl methyl sites for hydroxylation is 1. The first kappa shape index (κ1) is 18.6. The number of rotatable bonds is 4. The zero-order chi connectivity index (χ0) is 18.5. The van der Waals surface area contributed by atoms with Crippen LogP contribution in [0, 0.1) is 6.92 Å². The Bertz CT molecular complexity index is 778. The molecule has 2 aromatic rings. The highest BCUT2D eigenvalue weighted by molar-refractivity contribution is 7.99. The molecule has 1 fully saturated rings. The van der Waals surface area contributed by atoms with Gasteiger partial charge < -0.3 is 14.4 Å². The second-order valence-corrected chi connectivity index (χ2v) is 7.68. The van der Waals surface area contributed by atoms with Gasteiger partial charge in [-0.05, 0) is 42.7 Å². The molecule has 0 spiro atoms. The van der Waals surface area contributed by atoms with Gasteiger partial charge in [-0.15, -0.1) is 0 Å². The summed E-state index contributed by atoms with van der Waals surface area (Å²) >= 11 is 1.94. The van der Waals surface area contributed by atoms with Crippen molar-refractivity contribution in [1.82, 2.24) is 4.90 Å². The molecule has 3 rings (SSSR count). The van der Waals surface area contributed by atoms with Crippen molar-refractivity contribution in [3.8, 4) is 11.5 Å². The summed E-state index contributed by atoms with van der Waals surface area (Å²) in [7, 11) is 3.18. The Hall–Kier alpha value is -2.14. The van der Waals surface area contributed by atoms with Crippen LogP contribution in [0.4, 0.5) is 0 Å². The van der Waals surface area contributed by atoms with Crippen molar-refractivity contribution < 1.29 is 14.3 Å². The summed E-state index contributed by atoms with van der Waals surface area (Å²) < 4.78 is 10.6. The quantitative estimate of drug-likeness (QED) is 0.802. The first-order valence-corrected chi connectivity index (χ1v) is 9.87. The van der Waals surface area contributed by atoms with E-state index in [0.29, 0.717) is 22.3 Å². The lowest BCUT2D eigenvalue weighted by Gasteiger charge is -2.21. The number of hydrogen-bond donors (Lipinski definition) is 0. The Morgan fingerprint density at radius 1 is 1.08 bits per heavy atom. The second kappa shape index (κ2) is 8.49. The van der Waals surface area contributed by atoms with Crippen LogP contribution in [0.2, 0.25) is 0 Å². The highest BCUT2D eigenvalue weighted by atomic mass is 32.2. The summed E-state index contributed by atoms with van der Waals surface area (Å²) in [5.41, 5.74) is 3.35. The molecule has 138 valence electrons. The Labute approximate surface area is 159 Å². The van der Waals surface area contributed by atoms with Crippen LogP contribution in [0.5, 0.6) is 11.5 Å². The summed E-state index contributed by atoms with van der Waals surface area (Å²) in [5, 5.41) is 0.444. The number of carbonyl (C=O) groups is 1. The Kier molecular flexibility index (Phi) is 6.09. The van der Waals surface area contributed by atoms with E-state index in [-0.39, 0.29) is 5.91 Å². The van der Waals surface area contributed by atoms with Gasteiger partial charge in [-0.1, -0.05) is 24.3 Å². The van der Waals surface area contributed by atoms with Gasteiger partial charge in [0.25, 0.3) is 5.91 Å². The standard InChI is InChI=1S/C21H25NO3S/c1-15-6-4-5-7-17(15)20-10-11-22(12-13-26-20)21(23)16-8-9-18(24-2)19(14-16)25-3/h4-9,14,20H,10-13H2,1-3H3. The predicted octanol–water partition coefficient (Wildman–Crippen LogP) is 4.33. The van der Waals surface area contributed by atoms with Crippen LogP contribution in [0.3, 0.4) is 0 Å². The van der Waals surface area contributed by atoms with Crippen LogP contribution in [0.25, 0.3) is 0 Å². The van der Waals surface area contributed by atoms with Crippen LogP contribution in [-0.4, -0.2) is 43.9 Å². The molecule has 5 heteroatoms. The zero-order valence-electron chi connectivity index (χ0n) is 15.5. The van der Waals surface area contributed by atoms with Crippen LogP contribution in [0.1, 0.15) is 33.2 Å². The smallest absolute Gasteiger partial charge is 0.254 e. The molecule has 1 saturated heterocycles. The van der Waals surface area contributed by atoms with E-state index in [9.17, 15) is 4.79 Å². The number of thioether (sulfide) groups is 1. The third-order valence-electron chi connectivity index (χ3n) is 4.79. The van der Waals surface area contributed by atoms with Crippen molar-refractivity contribution in [2.45, 2.75) is 18.6 Å². The van der Waals surface area contributed by atoms with Gasteiger partial charge in [0.05, 0.1) is 14.2 Å². The van der Waals surface area contributed by atoms with Gasteiger partial charge in [0.15, 0.2) is 11.5 Å². The summed E-state index contributed by atoms with van der Waals surface area (Å²) in [6, 6.07) is 13.9. The van der Waals surface area contributed by atoms with Crippen molar-refractivity contribution in [2.24, 2.45) is 0 Å². The average molecular weight is 372 g/mol. The molecular weight excluding hydrogens is 346 g/mol. The fourth-order valence-corrected chi connectivity index (χ4v) is 4.65. The molecule has 0 bridgehead atoms. The summed E-state index contributed by atoms with van der Waals surface area (Å²) in [4.78, 5) is 14.9. The van der Waals surface area contributed by atoms with Gasteiger partial charge in [0.2, 0.25) is 0 Å². The maximum absolute atomic E-state index is 13.0. The topological polar surface area (TPSA) is 38.8 Å². The molecular formula is C21H25NO3S. The molecule has 4 nitrogen and oxygen atoms in total. The molecule has 26 heavy (non-hydrogen) atoms. The minimum Gasteiger partial charge on any atom is -0.493 e. The largest absolute Gasteiger partial charge is 0.493 e. The Morgan fingerprint density at radius 3 is 2.58 bits per heavy atom. The van der Waals surface area contributed by atoms with E-state index in [2.05, 4.69) is 31.2 Å². The lowest BCUT2D eigenvalue weighted by molar-refractivity contribution is 0.0766. The van der Waals surface area contributed by atoms with Gasteiger partial charge in [0, 0.05) is 29.7 Å². The van der Waals surface area contributed by atoms with E-state index < -0.39 is 0 Å².